The zero-order chi connectivity index (χ0) is 23.8. The van der Waals surface area contributed by atoms with Gasteiger partial charge in [0.15, 0.2) is 0 Å². The van der Waals surface area contributed by atoms with E-state index in [1.807, 2.05) is 19.1 Å². The Hall–Kier alpha value is -2.06. The summed E-state index contributed by atoms with van der Waals surface area (Å²) >= 11 is 24.6. The summed E-state index contributed by atoms with van der Waals surface area (Å²) in [6.07, 6.45) is 0. The zero-order valence-electron chi connectivity index (χ0n) is 17.2. The van der Waals surface area contributed by atoms with E-state index in [1.165, 1.54) is 12.1 Å². The second-order valence-electron chi connectivity index (χ2n) is 7.22. The van der Waals surface area contributed by atoms with Crippen LogP contribution in [0.5, 0.6) is 0 Å². The van der Waals surface area contributed by atoms with Crippen LogP contribution < -0.4 is 4.72 Å². The van der Waals surface area contributed by atoms with Crippen molar-refractivity contribution in [1.29, 1.82) is 0 Å². The molecule has 1 aromatic heterocycles. The highest BCUT2D eigenvalue weighted by atomic mass is 35.5. The number of hydrogen-bond acceptors (Lipinski definition) is 3. The Morgan fingerprint density at radius 3 is 2.21 bits per heavy atom. The topological polar surface area (TPSA) is 64.0 Å². The zero-order valence-corrected chi connectivity index (χ0v) is 21.0. The minimum absolute atomic E-state index is 0.0283. The van der Waals surface area contributed by atoms with Crippen LogP contribution in [0.1, 0.15) is 11.3 Å². The molecule has 10 heteroatoms. The number of nitrogens with one attached hydrogen (secondary N) is 1. The number of aromatic nitrogens is 2. The van der Waals surface area contributed by atoms with E-state index >= 15 is 0 Å². The van der Waals surface area contributed by atoms with E-state index in [0.717, 1.165) is 16.8 Å². The van der Waals surface area contributed by atoms with E-state index in [2.05, 4.69) is 9.82 Å². The molecule has 5 nitrogen and oxygen atoms in total. The van der Waals surface area contributed by atoms with Gasteiger partial charge in [-0.2, -0.15) is 5.10 Å². The van der Waals surface area contributed by atoms with Crippen molar-refractivity contribution in [3.05, 3.63) is 98.1 Å². The SMILES string of the molecule is Cc1c(CNS(=O)(=O)c2cccc(Cl)c2)nn(-c2ccc(Cl)cc2Cl)c1-c1ccc(Cl)cc1. The fraction of sp³-hybridized carbons (Fsp3) is 0.0870. The van der Waals surface area contributed by atoms with E-state index in [9.17, 15) is 8.42 Å². The van der Waals surface area contributed by atoms with Crippen LogP contribution in [-0.2, 0) is 16.6 Å². The third-order valence-corrected chi connectivity index (χ3v) is 7.44. The first-order valence-electron chi connectivity index (χ1n) is 9.71. The monoisotopic (exact) mass is 539 g/mol. The van der Waals surface area contributed by atoms with E-state index in [0.29, 0.717) is 31.5 Å². The van der Waals surface area contributed by atoms with Crippen molar-refractivity contribution in [2.45, 2.75) is 18.4 Å². The number of hydrogen-bond donors (Lipinski definition) is 1. The van der Waals surface area contributed by atoms with Gasteiger partial charge in [-0.1, -0.05) is 64.6 Å². The lowest BCUT2D eigenvalue weighted by Gasteiger charge is -2.11. The third kappa shape index (κ3) is 5.22. The van der Waals surface area contributed by atoms with Crippen LogP contribution in [0.2, 0.25) is 20.1 Å². The summed E-state index contributed by atoms with van der Waals surface area (Å²) in [5, 5.41) is 6.52. The van der Waals surface area contributed by atoms with E-state index in [4.69, 9.17) is 46.4 Å². The number of halogens is 4. The van der Waals surface area contributed by atoms with Gasteiger partial charge in [-0.3, -0.25) is 0 Å². The molecule has 0 aliphatic heterocycles. The van der Waals surface area contributed by atoms with E-state index < -0.39 is 10.0 Å². The molecule has 0 radical (unpaired) electrons. The standard InChI is InChI=1S/C23H17Cl4N3O2S/c1-14-21(13-28-33(31,32)19-4-2-3-17(25)11-19)29-30(22-10-9-18(26)12-20(22)27)23(14)15-5-7-16(24)8-6-15/h2-12,28H,13H2,1H3. The van der Waals surface area contributed by atoms with Gasteiger partial charge in [-0.15, -0.1) is 0 Å². The van der Waals surface area contributed by atoms with Crippen molar-refractivity contribution in [3.63, 3.8) is 0 Å². The van der Waals surface area contributed by atoms with Crippen molar-refractivity contribution in [3.8, 4) is 16.9 Å². The van der Waals surface area contributed by atoms with Crippen molar-refractivity contribution in [2.24, 2.45) is 0 Å². The molecule has 0 saturated carbocycles. The number of benzene rings is 3. The van der Waals surface area contributed by atoms with Crippen molar-refractivity contribution < 1.29 is 8.42 Å². The minimum atomic E-state index is -3.79. The molecule has 4 aromatic rings. The smallest absolute Gasteiger partial charge is 0.231 e. The lowest BCUT2D eigenvalue weighted by Crippen LogP contribution is -2.23. The summed E-state index contributed by atoms with van der Waals surface area (Å²) in [4.78, 5) is 0.0748. The van der Waals surface area contributed by atoms with Gasteiger partial charge in [-0.25, -0.2) is 17.8 Å². The van der Waals surface area contributed by atoms with Gasteiger partial charge in [0.25, 0.3) is 0 Å². The molecule has 0 aliphatic carbocycles. The summed E-state index contributed by atoms with van der Waals surface area (Å²) in [5.41, 5.74) is 3.54. The van der Waals surface area contributed by atoms with Gasteiger partial charge in [0.05, 0.1) is 33.5 Å². The molecule has 0 bridgehead atoms. The summed E-state index contributed by atoms with van der Waals surface area (Å²) in [6, 6.07) is 18.5. The first-order valence-corrected chi connectivity index (χ1v) is 12.7. The molecule has 0 aliphatic rings. The maximum absolute atomic E-state index is 12.8. The van der Waals surface area contributed by atoms with Gasteiger partial charge in [0.2, 0.25) is 10.0 Å². The number of nitrogens with zero attached hydrogens (tertiary/aromatic N) is 2. The summed E-state index contributed by atoms with van der Waals surface area (Å²) in [5.74, 6) is 0. The largest absolute Gasteiger partial charge is 0.240 e. The predicted octanol–water partition coefficient (Wildman–Crippen LogP) is 6.94. The fourth-order valence-electron chi connectivity index (χ4n) is 3.36. The highest BCUT2D eigenvalue weighted by Crippen LogP contribution is 2.33. The van der Waals surface area contributed by atoms with Crippen LogP contribution in [0, 0.1) is 6.92 Å². The first kappa shape index (κ1) is 24.1. The summed E-state index contributed by atoms with van der Waals surface area (Å²) in [6.45, 7) is 1.85. The Bertz CT molecular complexity index is 1430. The lowest BCUT2D eigenvalue weighted by molar-refractivity contribution is 0.580. The Balaban J connectivity index is 1.77. The van der Waals surface area contributed by atoms with Crippen LogP contribution in [-0.4, -0.2) is 18.2 Å². The second-order valence-corrected chi connectivity index (χ2v) is 10.7. The third-order valence-electron chi connectivity index (χ3n) is 5.01. The van der Waals surface area contributed by atoms with Crippen LogP contribution in [0.25, 0.3) is 16.9 Å². The average molecular weight is 541 g/mol. The summed E-state index contributed by atoms with van der Waals surface area (Å²) in [7, 11) is -3.79. The van der Waals surface area contributed by atoms with Crippen molar-refractivity contribution in [1.82, 2.24) is 14.5 Å². The molecule has 0 amide bonds. The second kappa shape index (κ2) is 9.66. The Labute approximate surface area is 211 Å². The molecule has 1 N–H and O–H groups in total. The van der Waals surface area contributed by atoms with Crippen LogP contribution >= 0.6 is 46.4 Å². The lowest BCUT2D eigenvalue weighted by atomic mass is 10.1. The fourth-order valence-corrected chi connectivity index (χ4v) is 5.27. The Kier molecular flexibility index (Phi) is 7.05. The quantitative estimate of drug-likeness (QED) is 0.288. The van der Waals surface area contributed by atoms with Gasteiger partial charge < -0.3 is 0 Å². The highest BCUT2D eigenvalue weighted by Gasteiger charge is 2.21. The normalized spacial score (nSPS) is 11.7. The molecular formula is C23H17Cl4N3O2S. The molecule has 0 atom stereocenters. The molecule has 0 fully saturated rings. The van der Waals surface area contributed by atoms with Crippen LogP contribution in [0.15, 0.2) is 71.6 Å². The molecule has 0 saturated heterocycles. The molecule has 170 valence electrons. The molecule has 33 heavy (non-hydrogen) atoms. The number of sulfonamides is 1. The van der Waals surface area contributed by atoms with Gasteiger partial charge in [0.1, 0.15) is 0 Å². The maximum Gasteiger partial charge on any atom is 0.240 e. The molecule has 4 rings (SSSR count). The molecular weight excluding hydrogens is 524 g/mol. The Morgan fingerprint density at radius 1 is 0.879 bits per heavy atom. The molecule has 0 spiro atoms. The van der Waals surface area contributed by atoms with Crippen molar-refractivity contribution in [2.75, 3.05) is 0 Å². The van der Waals surface area contributed by atoms with Crippen LogP contribution in [0.3, 0.4) is 0 Å². The Morgan fingerprint density at radius 2 is 1.55 bits per heavy atom. The maximum atomic E-state index is 12.8. The van der Waals surface area contributed by atoms with Gasteiger partial charge in [0, 0.05) is 26.2 Å². The van der Waals surface area contributed by atoms with E-state index in [1.54, 1.807) is 47.1 Å². The molecule has 0 unspecified atom stereocenters. The predicted molar refractivity (Wildman–Crippen MR) is 134 cm³/mol. The first-order chi connectivity index (χ1) is 15.7. The van der Waals surface area contributed by atoms with Gasteiger partial charge in [-0.05, 0) is 55.5 Å². The van der Waals surface area contributed by atoms with Crippen LogP contribution in [0.4, 0.5) is 0 Å². The van der Waals surface area contributed by atoms with Crippen molar-refractivity contribution >= 4 is 56.4 Å². The highest BCUT2D eigenvalue weighted by molar-refractivity contribution is 7.89. The number of rotatable bonds is 6. The molecule has 1 heterocycles. The summed E-state index contributed by atoms with van der Waals surface area (Å²) < 4.78 is 29.8. The minimum Gasteiger partial charge on any atom is -0.231 e. The molecule has 3 aromatic carbocycles. The van der Waals surface area contributed by atoms with E-state index in [-0.39, 0.29) is 11.4 Å². The van der Waals surface area contributed by atoms with Gasteiger partial charge >= 0.3 is 0 Å². The average Bonchev–Trinajstić information content (AvgIpc) is 3.09.